The lowest BCUT2D eigenvalue weighted by Crippen LogP contribution is -2.19. The second-order valence-corrected chi connectivity index (χ2v) is 2.25. The maximum Gasteiger partial charge on any atom is 0.309 e. The number of carboxylic acids is 1. The zero-order valence-corrected chi connectivity index (χ0v) is 6.45. The van der Waals surface area contributed by atoms with Crippen LogP contribution in [0.15, 0.2) is 0 Å². The maximum absolute atomic E-state index is 10.4. The number of carboxylic acid groups (broad SMARTS) is 1. The van der Waals surface area contributed by atoms with Crippen LogP contribution in [0.5, 0.6) is 0 Å². The molecular formula is C7H12O4. The third kappa shape index (κ3) is 4.36. The Morgan fingerprint density at radius 2 is 2.36 bits per heavy atom. The van der Waals surface area contributed by atoms with Gasteiger partial charge in [-0.15, -0.1) is 0 Å². The second kappa shape index (κ2) is 5.70. The van der Waals surface area contributed by atoms with Crippen LogP contribution in [-0.2, 0) is 14.3 Å². The molecule has 0 aliphatic rings. The summed E-state index contributed by atoms with van der Waals surface area (Å²) in [6, 6.07) is 0. The number of rotatable bonds is 6. The lowest BCUT2D eigenvalue weighted by Gasteiger charge is -2.08. The predicted octanol–water partition coefficient (Wildman–Crippen LogP) is 0.660. The lowest BCUT2D eigenvalue weighted by molar-refractivity contribution is -0.145. The first kappa shape index (κ1) is 9.94. The van der Waals surface area contributed by atoms with Crippen LogP contribution in [0.4, 0.5) is 0 Å². The molecule has 4 heteroatoms. The highest BCUT2D eigenvalue weighted by Gasteiger charge is 2.16. The first-order valence-electron chi connectivity index (χ1n) is 3.50. The zero-order valence-electron chi connectivity index (χ0n) is 6.45. The van der Waals surface area contributed by atoms with Gasteiger partial charge in [-0.3, -0.25) is 9.59 Å². The fourth-order valence-electron chi connectivity index (χ4n) is 0.782. The van der Waals surface area contributed by atoms with E-state index in [2.05, 4.69) is 4.74 Å². The number of carbonyl (C=O) groups excluding carboxylic acids is 1. The molecule has 0 aromatic rings. The van der Waals surface area contributed by atoms with Gasteiger partial charge in [-0.1, -0.05) is 13.3 Å². The molecule has 1 unspecified atom stereocenters. The van der Waals surface area contributed by atoms with Crippen LogP contribution in [0.3, 0.4) is 0 Å². The van der Waals surface area contributed by atoms with Crippen LogP contribution >= 0.6 is 0 Å². The molecule has 0 aromatic carbocycles. The molecule has 11 heavy (non-hydrogen) atoms. The van der Waals surface area contributed by atoms with Crippen molar-refractivity contribution in [2.45, 2.75) is 19.8 Å². The fourth-order valence-corrected chi connectivity index (χ4v) is 0.782. The average Bonchev–Trinajstić information content (AvgIpc) is 1.97. The quantitative estimate of drug-likeness (QED) is 0.580. The first-order valence-corrected chi connectivity index (χ1v) is 3.50. The molecule has 0 saturated heterocycles. The molecule has 0 radical (unpaired) electrons. The van der Waals surface area contributed by atoms with Gasteiger partial charge < -0.3 is 9.84 Å². The van der Waals surface area contributed by atoms with Crippen molar-refractivity contribution in [3.8, 4) is 0 Å². The van der Waals surface area contributed by atoms with Crippen LogP contribution in [-0.4, -0.2) is 24.2 Å². The zero-order chi connectivity index (χ0) is 8.69. The van der Waals surface area contributed by atoms with Gasteiger partial charge in [0.05, 0.1) is 5.92 Å². The van der Waals surface area contributed by atoms with Gasteiger partial charge in [0.1, 0.15) is 6.61 Å². The average molecular weight is 160 g/mol. The van der Waals surface area contributed by atoms with Crippen molar-refractivity contribution in [3.05, 3.63) is 0 Å². The summed E-state index contributed by atoms with van der Waals surface area (Å²) in [5.41, 5.74) is 0. The molecule has 0 fully saturated rings. The SMILES string of the molecule is CCCC(COC=O)C(=O)O. The van der Waals surface area contributed by atoms with Crippen LogP contribution < -0.4 is 0 Å². The summed E-state index contributed by atoms with van der Waals surface area (Å²) in [5, 5.41) is 8.54. The summed E-state index contributed by atoms with van der Waals surface area (Å²) < 4.78 is 4.35. The van der Waals surface area contributed by atoms with Gasteiger partial charge in [-0.25, -0.2) is 0 Å². The fraction of sp³-hybridized carbons (Fsp3) is 0.714. The van der Waals surface area contributed by atoms with E-state index in [4.69, 9.17) is 5.11 Å². The van der Waals surface area contributed by atoms with Crippen LogP contribution in [0.25, 0.3) is 0 Å². The first-order chi connectivity index (χ1) is 5.22. The van der Waals surface area contributed by atoms with Gasteiger partial charge >= 0.3 is 5.97 Å². The summed E-state index contributed by atoms with van der Waals surface area (Å²) in [4.78, 5) is 20.1. The summed E-state index contributed by atoms with van der Waals surface area (Å²) in [5.74, 6) is -1.46. The van der Waals surface area contributed by atoms with Gasteiger partial charge in [0.25, 0.3) is 6.47 Å². The number of hydrogen-bond acceptors (Lipinski definition) is 3. The van der Waals surface area contributed by atoms with Crippen molar-refractivity contribution in [3.63, 3.8) is 0 Å². The molecule has 0 rings (SSSR count). The Kier molecular flexibility index (Phi) is 5.15. The van der Waals surface area contributed by atoms with Crippen molar-refractivity contribution >= 4 is 12.4 Å². The molecule has 0 saturated carbocycles. The molecule has 0 heterocycles. The Hall–Kier alpha value is -1.06. The Bertz CT molecular complexity index is 132. The molecule has 64 valence electrons. The summed E-state index contributed by atoms with van der Waals surface area (Å²) in [6.45, 7) is 2.13. The van der Waals surface area contributed by atoms with E-state index >= 15 is 0 Å². The minimum absolute atomic E-state index is 0.0212. The second-order valence-electron chi connectivity index (χ2n) is 2.25. The molecule has 0 aromatic heterocycles. The lowest BCUT2D eigenvalue weighted by atomic mass is 10.1. The van der Waals surface area contributed by atoms with Crippen LogP contribution in [0, 0.1) is 5.92 Å². The van der Waals surface area contributed by atoms with Crippen LogP contribution in [0.2, 0.25) is 0 Å². The predicted molar refractivity (Wildman–Crippen MR) is 38.0 cm³/mol. The molecule has 0 aliphatic carbocycles. The molecule has 0 bridgehead atoms. The van der Waals surface area contributed by atoms with E-state index in [0.717, 1.165) is 6.42 Å². The highest BCUT2D eigenvalue weighted by Crippen LogP contribution is 2.06. The van der Waals surface area contributed by atoms with Crippen molar-refractivity contribution in [2.75, 3.05) is 6.61 Å². The minimum atomic E-state index is -0.909. The molecule has 1 atom stereocenters. The molecule has 0 amide bonds. The molecule has 1 N–H and O–H groups in total. The largest absolute Gasteiger partial charge is 0.481 e. The molecule has 0 aliphatic heterocycles. The van der Waals surface area contributed by atoms with E-state index < -0.39 is 11.9 Å². The van der Waals surface area contributed by atoms with Gasteiger partial charge in [0.2, 0.25) is 0 Å². The van der Waals surface area contributed by atoms with E-state index in [9.17, 15) is 9.59 Å². The van der Waals surface area contributed by atoms with Crippen molar-refractivity contribution in [1.29, 1.82) is 0 Å². The van der Waals surface area contributed by atoms with Crippen LogP contribution in [0.1, 0.15) is 19.8 Å². The van der Waals surface area contributed by atoms with Crippen molar-refractivity contribution in [2.24, 2.45) is 5.92 Å². The number of hydrogen-bond donors (Lipinski definition) is 1. The van der Waals surface area contributed by atoms with E-state index in [1.807, 2.05) is 6.92 Å². The Morgan fingerprint density at radius 3 is 2.73 bits per heavy atom. The molecular weight excluding hydrogens is 148 g/mol. The van der Waals surface area contributed by atoms with Gasteiger partial charge in [-0.05, 0) is 6.42 Å². The third-order valence-corrected chi connectivity index (χ3v) is 1.35. The van der Waals surface area contributed by atoms with E-state index in [1.165, 1.54) is 0 Å². The maximum atomic E-state index is 10.4. The summed E-state index contributed by atoms with van der Waals surface area (Å²) in [7, 11) is 0. The van der Waals surface area contributed by atoms with Gasteiger partial charge in [0.15, 0.2) is 0 Å². The minimum Gasteiger partial charge on any atom is -0.481 e. The highest BCUT2D eigenvalue weighted by atomic mass is 16.5. The Labute approximate surface area is 65.2 Å². The van der Waals surface area contributed by atoms with Gasteiger partial charge in [-0.2, -0.15) is 0 Å². The Balaban J connectivity index is 3.68. The van der Waals surface area contributed by atoms with Crippen molar-refractivity contribution < 1.29 is 19.4 Å². The summed E-state index contributed by atoms with van der Waals surface area (Å²) >= 11 is 0. The standard InChI is InChI=1S/C7H12O4/c1-2-3-6(7(9)10)4-11-5-8/h5-6H,2-4H2,1H3,(H,9,10). The van der Waals surface area contributed by atoms with Crippen molar-refractivity contribution in [1.82, 2.24) is 0 Å². The summed E-state index contributed by atoms with van der Waals surface area (Å²) in [6.07, 6.45) is 1.32. The number of aliphatic carboxylic acids is 1. The number of carbonyl (C=O) groups is 2. The van der Waals surface area contributed by atoms with E-state index in [-0.39, 0.29) is 13.1 Å². The highest BCUT2D eigenvalue weighted by molar-refractivity contribution is 5.70. The normalized spacial score (nSPS) is 12.1. The molecule has 4 nitrogen and oxygen atoms in total. The van der Waals surface area contributed by atoms with E-state index in [1.54, 1.807) is 0 Å². The molecule has 0 spiro atoms. The van der Waals surface area contributed by atoms with Gasteiger partial charge in [0, 0.05) is 0 Å². The third-order valence-electron chi connectivity index (χ3n) is 1.35. The smallest absolute Gasteiger partial charge is 0.309 e. The van der Waals surface area contributed by atoms with E-state index in [0.29, 0.717) is 6.42 Å². The topological polar surface area (TPSA) is 63.6 Å². The number of ether oxygens (including phenoxy) is 1. The monoisotopic (exact) mass is 160 g/mol. The Morgan fingerprint density at radius 1 is 1.73 bits per heavy atom.